The molecule has 1 fully saturated rings. The van der Waals surface area contributed by atoms with Gasteiger partial charge < -0.3 is 10.1 Å². The van der Waals surface area contributed by atoms with Crippen LogP contribution in [0.25, 0.3) is 0 Å². The molecule has 0 aliphatic heterocycles. The fourth-order valence-corrected chi connectivity index (χ4v) is 2.64. The van der Waals surface area contributed by atoms with Crippen molar-refractivity contribution in [2.45, 2.75) is 39.2 Å². The van der Waals surface area contributed by atoms with Crippen LogP contribution in [0.5, 0.6) is 0 Å². The monoisotopic (exact) mass is 242 g/mol. The van der Waals surface area contributed by atoms with Crippen LogP contribution in [0.2, 0.25) is 0 Å². The average Bonchev–Trinajstić information content (AvgIpc) is 2.26. The maximum Gasteiger partial charge on any atom is 0.206 e. The molecule has 1 saturated carbocycles. The predicted molar refractivity (Wildman–Crippen MR) is 70.6 cm³/mol. The van der Waals surface area contributed by atoms with Crippen LogP contribution < -0.4 is 16.6 Å². The molecule has 0 heterocycles. The van der Waals surface area contributed by atoms with E-state index in [0.29, 0.717) is 25.2 Å². The molecule has 0 bridgehead atoms. The van der Waals surface area contributed by atoms with Crippen LogP contribution >= 0.6 is 0 Å². The quantitative estimate of drug-likeness (QED) is 0.225. The van der Waals surface area contributed by atoms with E-state index >= 15 is 0 Å². The molecule has 0 spiro atoms. The fourth-order valence-electron chi connectivity index (χ4n) is 2.64. The van der Waals surface area contributed by atoms with Crippen molar-refractivity contribution in [3.05, 3.63) is 0 Å². The Kier molecular flexibility index (Phi) is 6.29. The van der Waals surface area contributed by atoms with Crippen LogP contribution in [-0.4, -0.2) is 32.3 Å². The van der Waals surface area contributed by atoms with Crippen molar-refractivity contribution >= 4 is 5.96 Å². The SMILES string of the molecule is COCCN=C(NN)NC1CC(C)CC(C)C1. The van der Waals surface area contributed by atoms with Gasteiger partial charge in [0.05, 0.1) is 13.2 Å². The van der Waals surface area contributed by atoms with Crippen molar-refractivity contribution in [2.75, 3.05) is 20.3 Å². The van der Waals surface area contributed by atoms with E-state index in [1.54, 1.807) is 7.11 Å². The molecule has 2 unspecified atom stereocenters. The Morgan fingerprint density at radius 1 is 1.29 bits per heavy atom. The van der Waals surface area contributed by atoms with E-state index in [2.05, 4.69) is 29.6 Å². The van der Waals surface area contributed by atoms with Gasteiger partial charge in [0.2, 0.25) is 5.96 Å². The molecule has 0 aromatic rings. The second kappa shape index (κ2) is 7.50. The summed E-state index contributed by atoms with van der Waals surface area (Å²) in [6, 6.07) is 0.478. The van der Waals surface area contributed by atoms with Gasteiger partial charge in [-0.3, -0.25) is 5.43 Å². The molecular weight excluding hydrogens is 216 g/mol. The molecule has 0 aromatic heterocycles. The van der Waals surface area contributed by atoms with Crippen LogP contribution in [0.3, 0.4) is 0 Å². The summed E-state index contributed by atoms with van der Waals surface area (Å²) in [5, 5.41) is 3.38. The lowest BCUT2D eigenvalue weighted by atomic mass is 9.80. The average molecular weight is 242 g/mol. The van der Waals surface area contributed by atoms with Crippen LogP contribution in [-0.2, 0) is 4.74 Å². The fraction of sp³-hybridized carbons (Fsp3) is 0.917. The number of guanidine groups is 1. The lowest BCUT2D eigenvalue weighted by molar-refractivity contribution is 0.207. The Hall–Kier alpha value is -0.810. The minimum atomic E-state index is 0.478. The van der Waals surface area contributed by atoms with Crippen molar-refractivity contribution in [1.82, 2.24) is 10.7 Å². The number of nitrogens with zero attached hydrogens (tertiary/aromatic N) is 1. The zero-order chi connectivity index (χ0) is 12.7. The molecule has 0 aromatic carbocycles. The third kappa shape index (κ3) is 5.37. The summed E-state index contributed by atoms with van der Waals surface area (Å²) >= 11 is 0. The molecular formula is C12H26N4O. The van der Waals surface area contributed by atoms with E-state index < -0.39 is 0 Å². The van der Waals surface area contributed by atoms with Gasteiger partial charge in [0, 0.05) is 13.2 Å². The van der Waals surface area contributed by atoms with Crippen molar-refractivity contribution in [3.8, 4) is 0 Å². The third-order valence-electron chi connectivity index (χ3n) is 3.22. The Morgan fingerprint density at radius 2 is 1.94 bits per heavy atom. The van der Waals surface area contributed by atoms with Crippen molar-refractivity contribution < 1.29 is 4.74 Å². The predicted octanol–water partition coefficient (Wildman–Crippen LogP) is 0.866. The van der Waals surface area contributed by atoms with Gasteiger partial charge in [0.25, 0.3) is 0 Å². The highest BCUT2D eigenvalue weighted by molar-refractivity contribution is 5.79. The molecule has 0 saturated heterocycles. The first kappa shape index (κ1) is 14.3. The Balaban J connectivity index is 2.41. The van der Waals surface area contributed by atoms with Gasteiger partial charge in [-0.05, 0) is 31.1 Å². The lowest BCUT2D eigenvalue weighted by Crippen LogP contribution is -2.48. The number of aliphatic imine (C=N–C) groups is 1. The second-order valence-electron chi connectivity index (χ2n) is 5.13. The molecule has 1 rings (SSSR count). The van der Waals surface area contributed by atoms with E-state index in [0.717, 1.165) is 11.8 Å². The summed E-state index contributed by atoms with van der Waals surface area (Å²) in [5.74, 6) is 7.68. The zero-order valence-corrected chi connectivity index (χ0v) is 11.2. The zero-order valence-electron chi connectivity index (χ0n) is 11.2. The van der Waals surface area contributed by atoms with Crippen LogP contribution in [0.15, 0.2) is 4.99 Å². The minimum absolute atomic E-state index is 0.478. The molecule has 17 heavy (non-hydrogen) atoms. The summed E-state index contributed by atoms with van der Waals surface area (Å²) < 4.78 is 4.96. The van der Waals surface area contributed by atoms with Crippen molar-refractivity contribution in [1.29, 1.82) is 0 Å². The molecule has 5 nitrogen and oxygen atoms in total. The summed E-state index contributed by atoms with van der Waals surface area (Å²) in [4.78, 5) is 4.32. The Labute approximate surface area is 104 Å². The van der Waals surface area contributed by atoms with Crippen LogP contribution in [0.1, 0.15) is 33.1 Å². The molecule has 2 atom stereocenters. The minimum Gasteiger partial charge on any atom is -0.383 e. The van der Waals surface area contributed by atoms with Crippen LogP contribution in [0.4, 0.5) is 0 Å². The maximum atomic E-state index is 5.46. The van der Waals surface area contributed by atoms with E-state index in [9.17, 15) is 0 Å². The summed E-state index contributed by atoms with van der Waals surface area (Å²) in [7, 11) is 1.67. The van der Waals surface area contributed by atoms with Gasteiger partial charge in [-0.1, -0.05) is 13.8 Å². The summed E-state index contributed by atoms with van der Waals surface area (Å²) in [6.45, 7) is 5.86. The Morgan fingerprint density at radius 3 is 2.47 bits per heavy atom. The number of hydrogen-bond donors (Lipinski definition) is 3. The number of ether oxygens (including phenoxy) is 1. The first-order chi connectivity index (χ1) is 8.15. The highest BCUT2D eigenvalue weighted by atomic mass is 16.5. The number of hydrogen-bond acceptors (Lipinski definition) is 3. The normalized spacial score (nSPS) is 30.1. The van der Waals surface area contributed by atoms with E-state index in [4.69, 9.17) is 10.6 Å². The molecule has 1 aliphatic carbocycles. The van der Waals surface area contributed by atoms with Gasteiger partial charge in [0.15, 0.2) is 0 Å². The molecule has 100 valence electrons. The first-order valence-corrected chi connectivity index (χ1v) is 6.42. The number of nitrogens with one attached hydrogen (secondary N) is 2. The second-order valence-corrected chi connectivity index (χ2v) is 5.13. The first-order valence-electron chi connectivity index (χ1n) is 6.42. The maximum absolute atomic E-state index is 5.46. The smallest absolute Gasteiger partial charge is 0.206 e. The molecule has 4 N–H and O–H groups in total. The standard InChI is InChI=1S/C12H26N4O/c1-9-6-10(2)8-11(7-9)15-12(16-13)14-4-5-17-3/h9-11H,4-8,13H2,1-3H3,(H2,14,15,16). The largest absolute Gasteiger partial charge is 0.383 e. The molecule has 1 aliphatic rings. The molecule has 0 amide bonds. The number of hydrazine groups is 1. The Bertz CT molecular complexity index is 235. The highest BCUT2D eigenvalue weighted by Gasteiger charge is 2.24. The van der Waals surface area contributed by atoms with Gasteiger partial charge in [0.1, 0.15) is 0 Å². The third-order valence-corrected chi connectivity index (χ3v) is 3.22. The van der Waals surface area contributed by atoms with Gasteiger partial charge in [-0.25, -0.2) is 10.8 Å². The van der Waals surface area contributed by atoms with Gasteiger partial charge in [-0.2, -0.15) is 0 Å². The number of methoxy groups -OCH3 is 1. The summed E-state index contributed by atoms with van der Waals surface area (Å²) in [6.07, 6.45) is 3.70. The topological polar surface area (TPSA) is 71.7 Å². The van der Waals surface area contributed by atoms with Crippen molar-refractivity contribution in [2.24, 2.45) is 22.7 Å². The highest BCUT2D eigenvalue weighted by Crippen LogP contribution is 2.28. The number of rotatable bonds is 4. The van der Waals surface area contributed by atoms with Crippen LogP contribution in [0, 0.1) is 11.8 Å². The van der Waals surface area contributed by atoms with E-state index in [1.165, 1.54) is 19.3 Å². The lowest BCUT2D eigenvalue weighted by Gasteiger charge is -2.32. The molecule has 0 radical (unpaired) electrons. The van der Waals surface area contributed by atoms with Crippen molar-refractivity contribution in [3.63, 3.8) is 0 Å². The molecule has 5 heteroatoms. The number of nitrogens with two attached hydrogens (primary N) is 1. The van der Waals surface area contributed by atoms with E-state index in [-0.39, 0.29) is 0 Å². The van der Waals surface area contributed by atoms with Gasteiger partial charge >= 0.3 is 0 Å². The summed E-state index contributed by atoms with van der Waals surface area (Å²) in [5.41, 5.74) is 2.62. The van der Waals surface area contributed by atoms with E-state index in [1.807, 2.05) is 0 Å². The van der Waals surface area contributed by atoms with Gasteiger partial charge in [-0.15, -0.1) is 0 Å².